The number of halogens is 2. The first-order valence-corrected chi connectivity index (χ1v) is 8.79. The van der Waals surface area contributed by atoms with Gasteiger partial charge in [-0.1, -0.05) is 47.5 Å². The average molecular weight is 344 g/mol. The van der Waals surface area contributed by atoms with E-state index in [1.54, 1.807) is 0 Å². The summed E-state index contributed by atoms with van der Waals surface area (Å²) >= 11 is 12.6. The van der Waals surface area contributed by atoms with Gasteiger partial charge in [-0.05, 0) is 66.6 Å². The Morgan fingerprint density at radius 3 is 2.70 bits per heavy atom. The number of anilines is 1. The third kappa shape index (κ3) is 2.47. The lowest BCUT2D eigenvalue weighted by atomic mass is 9.75. The minimum atomic E-state index is 0.216. The van der Waals surface area contributed by atoms with Gasteiger partial charge in [0.05, 0.1) is 6.04 Å². The molecule has 118 valence electrons. The maximum atomic E-state index is 6.50. The first-order chi connectivity index (χ1) is 11.0. The second kappa shape index (κ2) is 5.58. The Kier molecular flexibility index (Phi) is 3.66. The largest absolute Gasteiger partial charge is 0.378 e. The summed E-state index contributed by atoms with van der Waals surface area (Å²) in [6.07, 6.45) is 5.75. The smallest absolute Gasteiger partial charge is 0.0568 e. The molecule has 1 aliphatic heterocycles. The van der Waals surface area contributed by atoms with Crippen molar-refractivity contribution in [2.45, 2.75) is 32.2 Å². The Balaban J connectivity index is 1.84. The molecular formula is C20H19Cl2N. The van der Waals surface area contributed by atoms with Crippen molar-refractivity contribution in [1.29, 1.82) is 0 Å². The zero-order chi connectivity index (χ0) is 16.1. The monoisotopic (exact) mass is 343 g/mol. The molecule has 1 nitrogen and oxygen atoms in total. The molecule has 2 aliphatic rings. The summed E-state index contributed by atoms with van der Waals surface area (Å²) in [5, 5.41) is 5.19. The highest BCUT2D eigenvalue weighted by Gasteiger charge is 2.39. The van der Waals surface area contributed by atoms with Crippen LogP contribution in [-0.4, -0.2) is 0 Å². The van der Waals surface area contributed by atoms with Gasteiger partial charge in [0, 0.05) is 21.7 Å². The van der Waals surface area contributed by atoms with Gasteiger partial charge in [0.15, 0.2) is 0 Å². The maximum absolute atomic E-state index is 6.50. The standard InChI is InChI=1S/C20H19Cl2N/c1-11-8-12(2)19-14-4-3-5-15(14)20(23-18(19)9-11)16-7-6-13(21)10-17(16)22/h3-4,6-10,14-15,20,23H,5H2,1-2H3/t14-,15+,20-/m1/s1. The molecule has 0 radical (unpaired) electrons. The fourth-order valence-corrected chi connectivity index (χ4v) is 4.73. The molecule has 0 spiro atoms. The van der Waals surface area contributed by atoms with Crippen LogP contribution in [0.2, 0.25) is 10.0 Å². The zero-order valence-electron chi connectivity index (χ0n) is 13.2. The molecule has 0 aromatic heterocycles. The average Bonchev–Trinajstić information content (AvgIpc) is 2.95. The number of fused-ring (bicyclic) bond motifs is 3. The number of nitrogens with one attached hydrogen (secondary N) is 1. The van der Waals surface area contributed by atoms with Crippen molar-refractivity contribution in [2.75, 3.05) is 5.32 Å². The van der Waals surface area contributed by atoms with Gasteiger partial charge in [0.1, 0.15) is 0 Å². The van der Waals surface area contributed by atoms with Gasteiger partial charge in [-0.2, -0.15) is 0 Å². The van der Waals surface area contributed by atoms with Gasteiger partial charge in [0.25, 0.3) is 0 Å². The molecule has 1 N–H and O–H groups in total. The lowest BCUT2D eigenvalue weighted by molar-refractivity contribution is 0.424. The zero-order valence-corrected chi connectivity index (χ0v) is 14.7. The molecule has 0 bridgehead atoms. The van der Waals surface area contributed by atoms with Gasteiger partial charge >= 0.3 is 0 Å². The lowest BCUT2D eigenvalue weighted by Gasteiger charge is -2.39. The topological polar surface area (TPSA) is 12.0 Å². The second-order valence-corrected chi connectivity index (χ2v) is 7.53. The van der Waals surface area contributed by atoms with Gasteiger partial charge in [-0.25, -0.2) is 0 Å². The summed E-state index contributed by atoms with van der Waals surface area (Å²) < 4.78 is 0. The molecule has 2 aromatic rings. The Morgan fingerprint density at radius 1 is 1.09 bits per heavy atom. The van der Waals surface area contributed by atoms with E-state index in [2.05, 4.69) is 49.5 Å². The van der Waals surface area contributed by atoms with Crippen LogP contribution in [0.1, 0.15) is 40.6 Å². The third-order valence-electron chi connectivity index (χ3n) is 5.11. The van der Waals surface area contributed by atoms with Crippen molar-refractivity contribution >= 4 is 28.9 Å². The molecule has 0 saturated heterocycles. The van der Waals surface area contributed by atoms with Crippen LogP contribution in [0.4, 0.5) is 5.69 Å². The van der Waals surface area contributed by atoms with Gasteiger partial charge < -0.3 is 5.32 Å². The highest BCUT2D eigenvalue weighted by Crippen LogP contribution is 2.51. The first kappa shape index (κ1) is 15.1. The SMILES string of the molecule is Cc1cc(C)c2c(c1)N[C@@H](c1ccc(Cl)cc1Cl)[C@H]1CC=C[C@@H]21. The van der Waals surface area contributed by atoms with E-state index in [0.29, 0.717) is 16.9 Å². The van der Waals surface area contributed by atoms with E-state index in [-0.39, 0.29) is 6.04 Å². The highest BCUT2D eigenvalue weighted by atomic mass is 35.5. The Bertz CT molecular complexity index is 810. The molecule has 1 heterocycles. The van der Waals surface area contributed by atoms with Gasteiger partial charge in [0.2, 0.25) is 0 Å². The fraction of sp³-hybridized carbons (Fsp3) is 0.300. The number of allylic oxidation sites excluding steroid dienone is 2. The Hall–Kier alpha value is -1.44. The van der Waals surface area contributed by atoms with E-state index >= 15 is 0 Å². The van der Waals surface area contributed by atoms with Crippen molar-refractivity contribution in [3.05, 3.63) is 74.8 Å². The van der Waals surface area contributed by atoms with Crippen LogP contribution in [0.25, 0.3) is 0 Å². The predicted molar refractivity (Wildman–Crippen MR) is 98.7 cm³/mol. The van der Waals surface area contributed by atoms with Crippen LogP contribution in [0.5, 0.6) is 0 Å². The van der Waals surface area contributed by atoms with Gasteiger partial charge in [-0.15, -0.1) is 0 Å². The lowest BCUT2D eigenvalue weighted by Crippen LogP contribution is -2.30. The van der Waals surface area contributed by atoms with E-state index in [0.717, 1.165) is 17.0 Å². The highest BCUT2D eigenvalue weighted by molar-refractivity contribution is 6.35. The van der Waals surface area contributed by atoms with Crippen molar-refractivity contribution in [1.82, 2.24) is 0 Å². The first-order valence-electron chi connectivity index (χ1n) is 8.04. The summed E-state index contributed by atoms with van der Waals surface area (Å²) in [5.41, 5.74) is 6.48. The Labute approximate surface area is 147 Å². The Morgan fingerprint density at radius 2 is 1.91 bits per heavy atom. The van der Waals surface area contributed by atoms with Crippen molar-refractivity contribution in [2.24, 2.45) is 5.92 Å². The van der Waals surface area contributed by atoms with Crippen LogP contribution < -0.4 is 5.32 Å². The van der Waals surface area contributed by atoms with E-state index in [1.165, 1.54) is 22.4 Å². The summed E-state index contributed by atoms with van der Waals surface area (Å²) in [5.74, 6) is 0.964. The molecule has 0 fully saturated rings. The minimum absolute atomic E-state index is 0.216. The second-order valence-electron chi connectivity index (χ2n) is 6.68. The van der Waals surface area contributed by atoms with Gasteiger partial charge in [-0.3, -0.25) is 0 Å². The van der Waals surface area contributed by atoms with Crippen LogP contribution >= 0.6 is 23.2 Å². The fourth-order valence-electron chi connectivity index (χ4n) is 4.20. The number of hydrogen-bond acceptors (Lipinski definition) is 1. The summed E-state index contributed by atoms with van der Waals surface area (Å²) in [6.45, 7) is 4.36. The molecule has 0 amide bonds. The third-order valence-corrected chi connectivity index (χ3v) is 5.68. The molecule has 0 unspecified atom stereocenters. The van der Waals surface area contributed by atoms with E-state index in [4.69, 9.17) is 23.2 Å². The number of benzene rings is 2. The van der Waals surface area contributed by atoms with E-state index in [9.17, 15) is 0 Å². The molecule has 1 aliphatic carbocycles. The maximum Gasteiger partial charge on any atom is 0.0568 e. The minimum Gasteiger partial charge on any atom is -0.378 e. The van der Waals surface area contributed by atoms with Crippen LogP contribution in [0, 0.1) is 19.8 Å². The molecular weight excluding hydrogens is 325 g/mol. The number of hydrogen-bond donors (Lipinski definition) is 1. The van der Waals surface area contributed by atoms with Crippen LogP contribution in [0.3, 0.4) is 0 Å². The number of rotatable bonds is 1. The quantitative estimate of drug-likeness (QED) is 0.587. The molecule has 4 rings (SSSR count). The molecule has 3 atom stereocenters. The van der Waals surface area contributed by atoms with Crippen LogP contribution in [-0.2, 0) is 0 Å². The molecule has 23 heavy (non-hydrogen) atoms. The summed E-state index contributed by atoms with van der Waals surface area (Å²) in [6, 6.07) is 10.6. The van der Waals surface area contributed by atoms with E-state index in [1.807, 2.05) is 12.1 Å². The van der Waals surface area contributed by atoms with Crippen molar-refractivity contribution in [3.63, 3.8) is 0 Å². The molecule has 3 heteroatoms. The van der Waals surface area contributed by atoms with Crippen molar-refractivity contribution < 1.29 is 0 Å². The number of aryl methyl sites for hydroxylation is 2. The normalized spacial score (nSPS) is 25.0. The van der Waals surface area contributed by atoms with E-state index < -0.39 is 0 Å². The van der Waals surface area contributed by atoms with Crippen LogP contribution in [0.15, 0.2) is 42.5 Å². The summed E-state index contributed by atoms with van der Waals surface area (Å²) in [7, 11) is 0. The predicted octanol–water partition coefficient (Wildman–Crippen LogP) is 6.44. The summed E-state index contributed by atoms with van der Waals surface area (Å²) in [4.78, 5) is 0. The molecule has 2 aromatic carbocycles. The van der Waals surface area contributed by atoms with Crippen molar-refractivity contribution in [3.8, 4) is 0 Å². The molecule has 0 saturated carbocycles.